The second-order valence-corrected chi connectivity index (χ2v) is 7.82. The maximum absolute atomic E-state index is 5.59. The molecule has 0 unspecified atom stereocenters. The minimum atomic E-state index is 0.738. The van der Waals surface area contributed by atoms with Gasteiger partial charge in [-0.2, -0.15) is 0 Å². The number of nitrogens with two attached hydrogens (primary N) is 1. The number of methoxy groups -OCH3 is 1. The average molecular weight is 395 g/mol. The lowest BCUT2D eigenvalue weighted by Crippen LogP contribution is -2.24. The molecule has 29 heavy (non-hydrogen) atoms. The molecule has 0 atom stereocenters. The van der Waals surface area contributed by atoms with E-state index in [2.05, 4.69) is 53.7 Å². The minimum absolute atomic E-state index is 0.738. The number of nitrogens with zero attached hydrogens (tertiary/aromatic N) is 2. The highest BCUT2D eigenvalue weighted by molar-refractivity contribution is 5.68. The Bertz CT molecular complexity index is 784. The van der Waals surface area contributed by atoms with Crippen molar-refractivity contribution in [2.75, 3.05) is 45.7 Å². The molecule has 0 aliphatic heterocycles. The second-order valence-electron chi connectivity index (χ2n) is 7.82. The average Bonchev–Trinajstić information content (AvgIpc) is 3.58. The van der Waals surface area contributed by atoms with Crippen LogP contribution >= 0.6 is 0 Å². The molecule has 1 aliphatic carbocycles. The maximum atomic E-state index is 5.59. The van der Waals surface area contributed by atoms with E-state index in [1.165, 1.54) is 12.8 Å². The molecular formula is C24H34N4O. The lowest BCUT2D eigenvalue weighted by atomic mass is 10.1. The predicted octanol–water partition coefficient (Wildman–Crippen LogP) is 4.26. The van der Waals surface area contributed by atoms with Crippen LogP contribution in [0.5, 0.6) is 5.75 Å². The predicted molar refractivity (Wildman–Crippen MR) is 122 cm³/mol. The number of anilines is 1. The van der Waals surface area contributed by atoms with Gasteiger partial charge in [-0.15, -0.1) is 0 Å². The van der Waals surface area contributed by atoms with Crippen molar-refractivity contribution < 1.29 is 4.74 Å². The highest BCUT2D eigenvalue weighted by atomic mass is 16.5. The molecule has 3 rings (SSSR count). The largest absolute Gasteiger partial charge is 0.497 e. The first kappa shape index (κ1) is 21.3. The number of benzene rings is 1. The molecule has 0 amide bonds. The van der Waals surface area contributed by atoms with Gasteiger partial charge in [-0.05, 0) is 101 Å². The van der Waals surface area contributed by atoms with E-state index in [-0.39, 0.29) is 0 Å². The zero-order chi connectivity index (χ0) is 20.5. The van der Waals surface area contributed by atoms with Crippen LogP contribution in [0.3, 0.4) is 0 Å². The lowest BCUT2D eigenvalue weighted by molar-refractivity contribution is 0.330. The zero-order valence-electron chi connectivity index (χ0n) is 17.7. The third kappa shape index (κ3) is 7.18. The fourth-order valence-electron chi connectivity index (χ4n) is 3.23. The van der Waals surface area contributed by atoms with E-state index in [9.17, 15) is 0 Å². The number of nitrogens with one attached hydrogen (secondary N) is 1. The molecule has 3 N–H and O–H groups in total. The van der Waals surface area contributed by atoms with E-state index >= 15 is 0 Å². The highest BCUT2D eigenvalue weighted by Crippen LogP contribution is 2.31. The van der Waals surface area contributed by atoms with E-state index in [1.54, 1.807) is 7.11 Å². The van der Waals surface area contributed by atoms with Crippen molar-refractivity contribution >= 4 is 11.8 Å². The van der Waals surface area contributed by atoms with Gasteiger partial charge < -0.3 is 20.7 Å². The van der Waals surface area contributed by atoms with Crippen molar-refractivity contribution in [3.63, 3.8) is 0 Å². The van der Waals surface area contributed by atoms with E-state index in [0.29, 0.717) is 0 Å². The molecule has 5 nitrogen and oxygen atoms in total. The van der Waals surface area contributed by atoms with E-state index in [0.717, 1.165) is 73.3 Å². The van der Waals surface area contributed by atoms with Crippen molar-refractivity contribution in [3.8, 4) is 17.0 Å². The number of aromatic nitrogens is 1. The molecule has 2 aromatic rings. The topological polar surface area (TPSA) is 63.4 Å². The third-order valence-electron chi connectivity index (χ3n) is 5.18. The Morgan fingerprint density at radius 1 is 1.17 bits per heavy atom. The van der Waals surface area contributed by atoms with E-state index in [4.69, 9.17) is 15.5 Å². The molecule has 0 radical (unpaired) electrons. The van der Waals surface area contributed by atoms with Crippen LogP contribution in [0.4, 0.5) is 5.69 Å². The molecule has 1 heterocycles. The highest BCUT2D eigenvalue weighted by Gasteiger charge is 2.17. The number of rotatable bonds is 12. The second kappa shape index (κ2) is 11.0. The van der Waals surface area contributed by atoms with Crippen molar-refractivity contribution in [2.24, 2.45) is 11.7 Å². The van der Waals surface area contributed by atoms with Crippen LogP contribution in [-0.2, 0) is 0 Å². The van der Waals surface area contributed by atoms with Gasteiger partial charge in [0.1, 0.15) is 5.75 Å². The maximum Gasteiger partial charge on any atom is 0.118 e. The van der Waals surface area contributed by atoms with E-state index < -0.39 is 0 Å². The molecule has 0 bridgehead atoms. The summed E-state index contributed by atoms with van der Waals surface area (Å²) in [5, 5.41) is 3.58. The Kier molecular flexibility index (Phi) is 8.08. The monoisotopic (exact) mass is 394 g/mol. The fourth-order valence-corrected chi connectivity index (χ4v) is 3.23. The molecule has 1 aliphatic rings. The van der Waals surface area contributed by atoms with Gasteiger partial charge in [0.25, 0.3) is 0 Å². The molecule has 0 spiro atoms. The molecule has 5 heteroatoms. The van der Waals surface area contributed by atoms with Crippen LogP contribution in [0.2, 0.25) is 0 Å². The third-order valence-corrected chi connectivity index (χ3v) is 5.18. The standard InChI is InChI=1S/C24H34N4O/c1-28(15-3-13-25)16-4-14-26-22-17-21(10-7-19-5-6-19)27-24(18-22)20-8-11-23(29-2)12-9-20/h7-12,17-19H,3-6,13-16,25H2,1-2H3,(H,26,27)/b10-7+. The van der Waals surface area contributed by atoms with Crippen LogP contribution in [0, 0.1) is 5.92 Å². The van der Waals surface area contributed by atoms with Crippen molar-refractivity contribution in [1.29, 1.82) is 0 Å². The number of hydrogen-bond acceptors (Lipinski definition) is 5. The van der Waals surface area contributed by atoms with Gasteiger partial charge in [0.05, 0.1) is 18.5 Å². The van der Waals surface area contributed by atoms with E-state index in [1.807, 2.05) is 12.1 Å². The van der Waals surface area contributed by atoms with Gasteiger partial charge in [0.15, 0.2) is 0 Å². The summed E-state index contributed by atoms with van der Waals surface area (Å²) in [5.74, 6) is 1.59. The first-order valence-electron chi connectivity index (χ1n) is 10.6. The molecule has 1 aromatic carbocycles. The Balaban J connectivity index is 1.67. The van der Waals surface area contributed by atoms with Crippen LogP contribution in [0.15, 0.2) is 42.5 Å². The van der Waals surface area contributed by atoms with Gasteiger partial charge in [-0.1, -0.05) is 6.08 Å². The smallest absolute Gasteiger partial charge is 0.118 e. The molecular weight excluding hydrogens is 360 g/mol. The van der Waals surface area contributed by atoms with Gasteiger partial charge >= 0.3 is 0 Å². The molecule has 1 fully saturated rings. The summed E-state index contributed by atoms with van der Waals surface area (Å²) in [6.45, 7) is 3.82. The minimum Gasteiger partial charge on any atom is -0.497 e. The summed E-state index contributed by atoms with van der Waals surface area (Å²) >= 11 is 0. The van der Waals surface area contributed by atoms with Crippen molar-refractivity contribution in [3.05, 3.63) is 48.2 Å². The Hall–Kier alpha value is -2.37. The van der Waals surface area contributed by atoms with Gasteiger partial charge in [-0.25, -0.2) is 4.98 Å². The zero-order valence-corrected chi connectivity index (χ0v) is 17.7. The van der Waals surface area contributed by atoms with Gasteiger partial charge in [0, 0.05) is 17.8 Å². The summed E-state index contributed by atoms with van der Waals surface area (Å²) in [6, 6.07) is 12.4. The Morgan fingerprint density at radius 2 is 1.93 bits per heavy atom. The number of allylic oxidation sites excluding steroid dienone is 1. The van der Waals surface area contributed by atoms with Crippen molar-refractivity contribution in [1.82, 2.24) is 9.88 Å². The van der Waals surface area contributed by atoms with Crippen molar-refractivity contribution in [2.45, 2.75) is 25.7 Å². The quantitative estimate of drug-likeness (QED) is 0.527. The normalized spacial score (nSPS) is 13.9. The van der Waals surface area contributed by atoms with Gasteiger partial charge in [-0.3, -0.25) is 0 Å². The summed E-state index contributed by atoms with van der Waals surface area (Å²) in [7, 11) is 3.84. The van der Waals surface area contributed by atoms with Crippen LogP contribution in [0.1, 0.15) is 31.4 Å². The molecule has 0 saturated heterocycles. The lowest BCUT2D eigenvalue weighted by Gasteiger charge is -2.16. The van der Waals surface area contributed by atoms with Crippen LogP contribution in [0.25, 0.3) is 17.3 Å². The molecule has 1 saturated carbocycles. The Morgan fingerprint density at radius 3 is 2.62 bits per heavy atom. The summed E-state index contributed by atoms with van der Waals surface area (Å²) < 4.78 is 5.28. The summed E-state index contributed by atoms with van der Waals surface area (Å²) in [5.41, 5.74) is 9.79. The SMILES string of the molecule is COc1ccc(-c2cc(NCCCN(C)CCCN)cc(/C=C/C3CC3)n2)cc1. The number of hydrogen-bond donors (Lipinski definition) is 2. The van der Waals surface area contributed by atoms with Crippen LogP contribution in [-0.4, -0.2) is 50.2 Å². The van der Waals surface area contributed by atoms with Gasteiger partial charge in [0.2, 0.25) is 0 Å². The fraction of sp³-hybridized carbons (Fsp3) is 0.458. The summed E-state index contributed by atoms with van der Waals surface area (Å²) in [4.78, 5) is 7.20. The number of pyridine rings is 1. The summed E-state index contributed by atoms with van der Waals surface area (Å²) in [6.07, 6.45) is 9.20. The number of ether oxygens (including phenoxy) is 1. The Labute approximate surface area is 175 Å². The van der Waals surface area contributed by atoms with Crippen LogP contribution < -0.4 is 15.8 Å². The first-order chi connectivity index (χ1) is 14.2. The molecule has 156 valence electrons. The first-order valence-corrected chi connectivity index (χ1v) is 10.6. The molecule has 1 aromatic heterocycles.